The molecule has 2 heterocycles. The molecule has 0 bridgehead atoms. The second-order valence-corrected chi connectivity index (χ2v) is 5.67. The summed E-state index contributed by atoms with van der Waals surface area (Å²) in [6.45, 7) is 7.99. The van der Waals surface area contributed by atoms with Gasteiger partial charge in [0, 0.05) is 18.7 Å². The Hall–Kier alpha value is -1.75. The highest BCUT2D eigenvalue weighted by Gasteiger charge is 2.27. The standard InChI is InChI=1S/C15H19FN4/c1-9(2)13-15-19-18-14(20(15)7-6-17-13)12-8-11(16)5-4-10(12)3/h4-5,8-9,13,17H,6-7H2,1-3H3. The fourth-order valence-electron chi connectivity index (χ4n) is 2.76. The maximum absolute atomic E-state index is 13.5. The van der Waals surface area contributed by atoms with Crippen LogP contribution in [-0.4, -0.2) is 21.3 Å². The summed E-state index contributed by atoms with van der Waals surface area (Å²) in [6, 6.07) is 5.01. The molecule has 1 atom stereocenters. The van der Waals surface area contributed by atoms with Crippen LogP contribution in [0.5, 0.6) is 0 Å². The zero-order valence-corrected chi connectivity index (χ0v) is 12.0. The Labute approximate surface area is 118 Å². The molecule has 0 spiro atoms. The van der Waals surface area contributed by atoms with Crippen molar-refractivity contribution in [3.63, 3.8) is 0 Å². The summed E-state index contributed by atoms with van der Waals surface area (Å²) in [5, 5.41) is 12.1. The number of benzene rings is 1. The van der Waals surface area contributed by atoms with Gasteiger partial charge in [-0.15, -0.1) is 10.2 Å². The zero-order chi connectivity index (χ0) is 14.3. The Kier molecular flexibility index (Phi) is 3.30. The van der Waals surface area contributed by atoms with Gasteiger partial charge < -0.3 is 9.88 Å². The van der Waals surface area contributed by atoms with Crippen molar-refractivity contribution < 1.29 is 4.39 Å². The van der Waals surface area contributed by atoms with Gasteiger partial charge in [0.2, 0.25) is 0 Å². The molecular formula is C15H19FN4. The van der Waals surface area contributed by atoms with E-state index in [4.69, 9.17) is 0 Å². The molecule has 1 aliphatic rings. The van der Waals surface area contributed by atoms with Crippen molar-refractivity contribution in [2.45, 2.75) is 33.4 Å². The summed E-state index contributed by atoms with van der Waals surface area (Å²) >= 11 is 0. The van der Waals surface area contributed by atoms with E-state index in [2.05, 4.69) is 33.9 Å². The van der Waals surface area contributed by atoms with Gasteiger partial charge in [-0.05, 0) is 30.5 Å². The first-order valence-corrected chi connectivity index (χ1v) is 7.01. The Morgan fingerprint density at radius 3 is 2.90 bits per heavy atom. The summed E-state index contributed by atoms with van der Waals surface area (Å²) in [5.41, 5.74) is 1.84. The molecule has 1 aromatic heterocycles. The van der Waals surface area contributed by atoms with Crippen LogP contribution in [0.2, 0.25) is 0 Å². The predicted molar refractivity (Wildman–Crippen MR) is 75.7 cm³/mol. The fourth-order valence-corrected chi connectivity index (χ4v) is 2.76. The van der Waals surface area contributed by atoms with Gasteiger partial charge in [-0.3, -0.25) is 0 Å². The normalized spacial score (nSPS) is 18.4. The molecule has 0 aliphatic carbocycles. The van der Waals surface area contributed by atoms with Crippen LogP contribution in [0.1, 0.15) is 31.3 Å². The Bertz CT molecular complexity index is 633. The Balaban J connectivity index is 2.11. The van der Waals surface area contributed by atoms with Crippen LogP contribution >= 0.6 is 0 Å². The van der Waals surface area contributed by atoms with Crippen LogP contribution < -0.4 is 5.32 Å². The number of rotatable bonds is 2. The van der Waals surface area contributed by atoms with Crippen molar-refractivity contribution in [2.75, 3.05) is 6.54 Å². The lowest BCUT2D eigenvalue weighted by Crippen LogP contribution is -2.36. The maximum atomic E-state index is 13.5. The highest BCUT2D eigenvalue weighted by Crippen LogP contribution is 2.29. The van der Waals surface area contributed by atoms with E-state index in [0.29, 0.717) is 5.92 Å². The molecule has 5 heteroatoms. The molecule has 106 valence electrons. The van der Waals surface area contributed by atoms with E-state index in [0.717, 1.165) is 35.9 Å². The molecule has 4 nitrogen and oxygen atoms in total. The van der Waals surface area contributed by atoms with Gasteiger partial charge in [0.1, 0.15) is 5.82 Å². The third-order valence-electron chi connectivity index (χ3n) is 3.86. The number of aryl methyl sites for hydroxylation is 1. The SMILES string of the molecule is Cc1ccc(F)cc1-c1nnc2n1CCNC2C(C)C. The minimum Gasteiger partial charge on any atom is -0.308 e. The number of nitrogens with one attached hydrogen (secondary N) is 1. The van der Waals surface area contributed by atoms with E-state index >= 15 is 0 Å². The third kappa shape index (κ3) is 2.12. The second kappa shape index (κ2) is 4.98. The molecule has 1 aromatic carbocycles. The van der Waals surface area contributed by atoms with Crippen LogP contribution in [0.15, 0.2) is 18.2 Å². The number of hydrogen-bond acceptors (Lipinski definition) is 3. The first-order chi connectivity index (χ1) is 9.58. The molecule has 1 aliphatic heterocycles. The van der Waals surface area contributed by atoms with Crippen LogP contribution in [0.4, 0.5) is 4.39 Å². The van der Waals surface area contributed by atoms with Crippen molar-refractivity contribution in [3.8, 4) is 11.4 Å². The summed E-state index contributed by atoms with van der Waals surface area (Å²) in [5.74, 6) is 1.92. The molecule has 1 N–H and O–H groups in total. The maximum Gasteiger partial charge on any atom is 0.164 e. The smallest absolute Gasteiger partial charge is 0.164 e. The minimum absolute atomic E-state index is 0.207. The molecular weight excluding hydrogens is 255 g/mol. The first kappa shape index (κ1) is 13.2. The Morgan fingerprint density at radius 2 is 2.15 bits per heavy atom. The van der Waals surface area contributed by atoms with Crippen LogP contribution in [-0.2, 0) is 6.54 Å². The fraction of sp³-hybridized carbons (Fsp3) is 0.467. The van der Waals surface area contributed by atoms with Crippen LogP contribution in [0.3, 0.4) is 0 Å². The molecule has 3 rings (SSSR count). The summed E-state index contributed by atoms with van der Waals surface area (Å²) < 4.78 is 15.6. The number of aromatic nitrogens is 3. The van der Waals surface area contributed by atoms with E-state index in [1.165, 1.54) is 6.07 Å². The molecule has 1 unspecified atom stereocenters. The quantitative estimate of drug-likeness (QED) is 0.915. The number of fused-ring (bicyclic) bond motifs is 1. The molecule has 0 saturated heterocycles. The lowest BCUT2D eigenvalue weighted by Gasteiger charge is -2.27. The molecule has 0 radical (unpaired) electrons. The summed E-state index contributed by atoms with van der Waals surface area (Å²) in [4.78, 5) is 0. The molecule has 2 aromatic rings. The highest BCUT2D eigenvalue weighted by atomic mass is 19.1. The average Bonchev–Trinajstić information content (AvgIpc) is 2.85. The highest BCUT2D eigenvalue weighted by molar-refractivity contribution is 5.60. The van der Waals surface area contributed by atoms with Crippen molar-refractivity contribution in [1.82, 2.24) is 20.1 Å². The lowest BCUT2D eigenvalue weighted by molar-refractivity contribution is 0.339. The second-order valence-electron chi connectivity index (χ2n) is 5.67. The van der Waals surface area contributed by atoms with Crippen molar-refractivity contribution in [2.24, 2.45) is 5.92 Å². The van der Waals surface area contributed by atoms with E-state index < -0.39 is 0 Å². The van der Waals surface area contributed by atoms with Crippen molar-refractivity contribution >= 4 is 0 Å². The number of nitrogens with zero attached hydrogens (tertiary/aromatic N) is 3. The Morgan fingerprint density at radius 1 is 1.35 bits per heavy atom. The van der Waals surface area contributed by atoms with Gasteiger partial charge in [-0.1, -0.05) is 19.9 Å². The van der Waals surface area contributed by atoms with Gasteiger partial charge in [0.25, 0.3) is 0 Å². The van der Waals surface area contributed by atoms with Gasteiger partial charge in [0.15, 0.2) is 11.6 Å². The van der Waals surface area contributed by atoms with E-state index in [1.807, 2.05) is 6.92 Å². The third-order valence-corrected chi connectivity index (χ3v) is 3.86. The average molecular weight is 274 g/mol. The predicted octanol–water partition coefficient (Wildman–Crippen LogP) is 2.69. The largest absolute Gasteiger partial charge is 0.308 e. The van der Waals surface area contributed by atoms with E-state index in [-0.39, 0.29) is 11.9 Å². The lowest BCUT2D eigenvalue weighted by atomic mass is 10.0. The van der Waals surface area contributed by atoms with Gasteiger partial charge in [-0.2, -0.15) is 0 Å². The van der Waals surface area contributed by atoms with Crippen molar-refractivity contribution in [3.05, 3.63) is 35.4 Å². The van der Waals surface area contributed by atoms with Gasteiger partial charge in [0.05, 0.1) is 6.04 Å². The van der Waals surface area contributed by atoms with Crippen LogP contribution in [0.25, 0.3) is 11.4 Å². The van der Waals surface area contributed by atoms with Gasteiger partial charge in [-0.25, -0.2) is 4.39 Å². The topological polar surface area (TPSA) is 42.7 Å². The van der Waals surface area contributed by atoms with Crippen molar-refractivity contribution in [1.29, 1.82) is 0 Å². The first-order valence-electron chi connectivity index (χ1n) is 7.01. The number of hydrogen-bond donors (Lipinski definition) is 1. The minimum atomic E-state index is -0.239. The summed E-state index contributed by atoms with van der Waals surface area (Å²) in [7, 11) is 0. The van der Waals surface area contributed by atoms with Gasteiger partial charge >= 0.3 is 0 Å². The summed E-state index contributed by atoms with van der Waals surface area (Å²) in [6.07, 6.45) is 0. The molecule has 0 saturated carbocycles. The monoisotopic (exact) mass is 274 g/mol. The molecule has 20 heavy (non-hydrogen) atoms. The molecule has 0 amide bonds. The zero-order valence-electron chi connectivity index (χ0n) is 12.0. The number of halogens is 1. The van der Waals surface area contributed by atoms with E-state index in [1.54, 1.807) is 12.1 Å². The van der Waals surface area contributed by atoms with Crippen LogP contribution in [0, 0.1) is 18.7 Å². The van der Waals surface area contributed by atoms with E-state index in [9.17, 15) is 4.39 Å². The molecule has 0 fully saturated rings.